The van der Waals surface area contributed by atoms with Crippen molar-refractivity contribution in [1.82, 2.24) is 0 Å². The van der Waals surface area contributed by atoms with Gasteiger partial charge in [0.05, 0.1) is 12.5 Å². The molecule has 3 unspecified atom stereocenters. The van der Waals surface area contributed by atoms with E-state index in [-0.39, 0.29) is 25.8 Å². The molecule has 3 atom stereocenters. The Morgan fingerprint density at radius 2 is 1.09 bits per heavy atom. The number of nitrogens with zero attached hydrogens (tertiary/aromatic N) is 1. The average Bonchev–Trinajstić information content (AvgIpc) is 2.81. The quantitative estimate of drug-likeness (QED) is 0.112. The highest BCUT2D eigenvalue weighted by Gasteiger charge is 2.54. The van der Waals surface area contributed by atoms with E-state index in [2.05, 4.69) is 19.1 Å². The minimum Gasteiger partial charge on any atom is -0.544 e. The molecule has 0 aromatic carbocycles. The molecule has 0 aromatic rings. The fourth-order valence-electron chi connectivity index (χ4n) is 5.39. The molecule has 0 fully saturated rings. The molecule has 204 valence electrons. The maximum atomic E-state index is 12.5. The molecule has 0 aromatic heterocycles. The highest BCUT2D eigenvalue weighted by atomic mass is 16.4. The maximum absolute atomic E-state index is 12.5. The summed E-state index contributed by atoms with van der Waals surface area (Å²) in [4.78, 5) is 37.3. The highest BCUT2D eigenvalue weighted by molar-refractivity contribution is 5.77. The summed E-state index contributed by atoms with van der Waals surface area (Å²) in [7, 11) is 0. The summed E-state index contributed by atoms with van der Waals surface area (Å²) in [5, 5.41) is 32.7. The Bertz CT molecular complexity index is 573. The minimum absolute atomic E-state index is 0.188. The second-order valence-corrected chi connectivity index (χ2v) is 9.80. The lowest BCUT2D eigenvalue weighted by Crippen LogP contribution is -2.74. The number of aliphatic carboxylic acids is 3. The average molecular weight is 498 g/mol. The number of carbonyl (C=O) groups is 3. The van der Waals surface area contributed by atoms with Crippen LogP contribution in [0.2, 0.25) is 0 Å². The molecule has 0 saturated heterocycles. The zero-order valence-corrected chi connectivity index (χ0v) is 22.7. The van der Waals surface area contributed by atoms with Gasteiger partial charge >= 0.3 is 11.9 Å². The van der Waals surface area contributed by atoms with Crippen molar-refractivity contribution in [2.24, 2.45) is 0 Å². The molecule has 0 aliphatic heterocycles. The van der Waals surface area contributed by atoms with Crippen molar-refractivity contribution in [3.05, 3.63) is 12.2 Å². The first-order valence-electron chi connectivity index (χ1n) is 13.9. The van der Waals surface area contributed by atoms with Crippen LogP contribution in [0, 0.1) is 0 Å². The number of hydrogen-bond donors (Lipinski definition) is 2. The topological polar surface area (TPSA) is 115 Å². The summed E-state index contributed by atoms with van der Waals surface area (Å²) in [5.41, 5.74) is 0. The molecular formula is C28H51NO6. The molecular weight excluding hydrogens is 446 g/mol. The van der Waals surface area contributed by atoms with Crippen molar-refractivity contribution in [1.29, 1.82) is 0 Å². The molecule has 0 radical (unpaired) electrons. The summed E-state index contributed by atoms with van der Waals surface area (Å²) < 4.78 is -0.464. The molecule has 0 bridgehead atoms. The zero-order chi connectivity index (χ0) is 26.7. The van der Waals surface area contributed by atoms with Crippen LogP contribution in [0.4, 0.5) is 0 Å². The van der Waals surface area contributed by atoms with Crippen LogP contribution in [-0.2, 0) is 14.4 Å². The van der Waals surface area contributed by atoms with Crippen molar-refractivity contribution in [3.8, 4) is 0 Å². The van der Waals surface area contributed by atoms with Crippen molar-refractivity contribution < 1.29 is 34.2 Å². The number of quaternary nitrogens is 1. The van der Waals surface area contributed by atoms with E-state index in [9.17, 15) is 29.7 Å². The number of rotatable bonds is 23. The zero-order valence-electron chi connectivity index (χ0n) is 22.7. The van der Waals surface area contributed by atoms with Crippen LogP contribution in [0.5, 0.6) is 0 Å². The second-order valence-electron chi connectivity index (χ2n) is 9.80. The Labute approximate surface area is 213 Å². The molecule has 35 heavy (non-hydrogen) atoms. The van der Waals surface area contributed by atoms with Gasteiger partial charge in [0, 0.05) is 25.7 Å². The Morgan fingerprint density at radius 3 is 1.51 bits per heavy atom. The lowest BCUT2D eigenvalue weighted by molar-refractivity contribution is -0.975. The first-order valence-corrected chi connectivity index (χ1v) is 13.9. The van der Waals surface area contributed by atoms with Crippen LogP contribution in [0.15, 0.2) is 12.2 Å². The number of allylic oxidation sites excluding steroid dienone is 2. The van der Waals surface area contributed by atoms with Gasteiger partial charge in [0.25, 0.3) is 0 Å². The predicted molar refractivity (Wildman–Crippen MR) is 138 cm³/mol. The van der Waals surface area contributed by atoms with Crippen molar-refractivity contribution in [2.45, 2.75) is 142 Å². The number of carboxylic acid groups (broad SMARTS) is 3. The highest BCUT2D eigenvalue weighted by Crippen LogP contribution is 2.33. The summed E-state index contributed by atoms with van der Waals surface area (Å²) in [6, 6.07) is -3.38. The van der Waals surface area contributed by atoms with Crippen LogP contribution in [0.3, 0.4) is 0 Å². The first kappa shape index (κ1) is 33.1. The summed E-state index contributed by atoms with van der Waals surface area (Å²) in [5.74, 6) is -3.61. The number of carboxylic acids is 3. The van der Waals surface area contributed by atoms with Crippen LogP contribution >= 0.6 is 0 Å². The number of unbranched alkanes of at least 4 members (excludes halogenated alkanes) is 7. The van der Waals surface area contributed by atoms with E-state index in [1.807, 2.05) is 20.8 Å². The smallest absolute Gasteiger partial charge is 0.362 e. The normalized spacial score (nSPS) is 16.0. The molecule has 0 saturated carbocycles. The van der Waals surface area contributed by atoms with Gasteiger partial charge in [-0.15, -0.1) is 0 Å². The van der Waals surface area contributed by atoms with Crippen LogP contribution in [-0.4, -0.2) is 57.3 Å². The maximum Gasteiger partial charge on any atom is 0.362 e. The first-order chi connectivity index (χ1) is 16.7. The van der Waals surface area contributed by atoms with Gasteiger partial charge in [-0.05, 0) is 32.1 Å². The lowest BCUT2D eigenvalue weighted by Gasteiger charge is -2.52. The molecule has 0 heterocycles. The molecule has 0 spiro atoms. The minimum atomic E-state index is -1.35. The molecule has 0 aliphatic rings. The van der Waals surface area contributed by atoms with Gasteiger partial charge in [-0.3, -0.25) is 4.48 Å². The monoisotopic (exact) mass is 497 g/mol. The van der Waals surface area contributed by atoms with E-state index in [0.717, 1.165) is 12.8 Å². The van der Waals surface area contributed by atoms with Gasteiger partial charge in [0.15, 0.2) is 12.1 Å². The van der Waals surface area contributed by atoms with E-state index in [0.29, 0.717) is 32.1 Å². The van der Waals surface area contributed by atoms with Gasteiger partial charge in [0.1, 0.15) is 6.04 Å². The molecule has 7 nitrogen and oxygen atoms in total. The Morgan fingerprint density at radius 1 is 0.657 bits per heavy atom. The number of carbonyl (C=O) groups excluding carboxylic acids is 1. The Hall–Kier alpha value is -1.89. The summed E-state index contributed by atoms with van der Waals surface area (Å²) in [6.45, 7) is 7.92. The van der Waals surface area contributed by atoms with Crippen molar-refractivity contribution in [3.63, 3.8) is 0 Å². The van der Waals surface area contributed by atoms with E-state index in [1.165, 1.54) is 32.1 Å². The number of hydrogen-bond acceptors (Lipinski definition) is 4. The molecule has 2 N–H and O–H groups in total. The van der Waals surface area contributed by atoms with Crippen molar-refractivity contribution in [2.75, 3.05) is 6.54 Å². The van der Waals surface area contributed by atoms with Crippen LogP contribution < -0.4 is 5.11 Å². The largest absolute Gasteiger partial charge is 0.544 e. The van der Waals surface area contributed by atoms with Gasteiger partial charge in [-0.25, -0.2) is 9.59 Å². The van der Waals surface area contributed by atoms with Gasteiger partial charge in [-0.2, -0.15) is 0 Å². The van der Waals surface area contributed by atoms with Gasteiger partial charge in [0.2, 0.25) is 0 Å². The van der Waals surface area contributed by atoms with Crippen molar-refractivity contribution >= 4 is 17.9 Å². The summed E-state index contributed by atoms with van der Waals surface area (Å²) >= 11 is 0. The molecule has 0 aliphatic carbocycles. The van der Waals surface area contributed by atoms with E-state index >= 15 is 0 Å². The predicted octanol–water partition coefficient (Wildman–Crippen LogP) is 5.32. The standard InChI is InChI=1S/C28H51NO6/c1-5-9-10-11-12-13-14-15-16-17-18-22-29(23(19-6-2)26(30)31,24(20-7-3)27(32)33)25(21-8-4)28(34)35/h15-16,23-25H,5-14,17-22H2,1-4H3,(H2-,30,31,32,33,34,35)/b16-15+. The van der Waals surface area contributed by atoms with E-state index in [1.54, 1.807) is 0 Å². The van der Waals surface area contributed by atoms with Crippen LogP contribution in [0.25, 0.3) is 0 Å². The van der Waals surface area contributed by atoms with E-state index < -0.39 is 40.5 Å². The third kappa shape index (κ3) is 11.1. The molecule has 0 rings (SSSR count). The van der Waals surface area contributed by atoms with Crippen LogP contribution in [0.1, 0.15) is 124 Å². The molecule has 0 amide bonds. The second kappa shape index (κ2) is 19.3. The fourth-order valence-corrected chi connectivity index (χ4v) is 5.39. The third-order valence-electron chi connectivity index (χ3n) is 7.08. The summed E-state index contributed by atoms with van der Waals surface area (Å²) in [6.07, 6.45) is 16.0. The van der Waals surface area contributed by atoms with Gasteiger partial charge in [-0.1, -0.05) is 78.4 Å². The lowest BCUT2D eigenvalue weighted by atomic mass is 9.91. The van der Waals surface area contributed by atoms with E-state index in [4.69, 9.17) is 0 Å². The Kier molecular flexibility index (Phi) is 18.3. The molecule has 7 heteroatoms. The Balaban J connectivity index is 5.82. The van der Waals surface area contributed by atoms with Gasteiger partial charge < -0.3 is 20.1 Å². The third-order valence-corrected chi connectivity index (χ3v) is 7.08. The SMILES string of the molecule is CCCCCCCC/C=C/CCC[N+](C(CCC)C(=O)[O-])(C(CCC)C(=O)O)C(CCC)C(=O)O. The fraction of sp³-hybridized carbons (Fsp3) is 0.821.